The first-order valence-electron chi connectivity index (χ1n) is 6.38. The number of nitrogens with zero attached hydrogens (tertiary/aromatic N) is 1. The molecule has 0 aromatic heterocycles. The van der Waals surface area contributed by atoms with Crippen molar-refractivity contribution in [2.45, 2.75) is 43.7 Å². The number of carbonyl (C=O) groups excluding carboxylic acids is 1. The van der Waals surface area contributed by atoms with Crippen LogP contribution in [0.25, 0.3) is 0 Å². The summed E-state index contributed by atoms with van der Waals surface area (Å²) in [6, 6.07) is -0.169. The molecule has 5 nitrogen and oxygen atoms in total. The third kappa shape index (κ3) is 3.17. The smallest absolute Gasteiger partial charge is 0.305 e. The highest BCUT2D eigenvalue weighted by Gasteiger charge is 2.38. The standard InChI is InChI=1S/C12H20N2O3S/c13-12(2-1-3-12)7-10(15)14-4-5-18-8-9(14)6-11(16)17/h9H,1-8,13H2,(H,16,17). The number of carboxylic acid groups (broad SMARTS) is 1. The largest absolute Gasteiger partial charge is 0.481 e. The van der Waals surface area contributed by atoms with Gasteiger partial charge in [-0.1, -0.05) is 0 Å². The van der Waals surface area contributed by atoms with Crippen molar-refractivity contribution in [3.63, 3.8) is 0 Å². The summed E-state index contributed by atoms with van der Waals surface area (Å²) in [5.74, 6) is 0.796. The maximum absolute atomic E-state index is 12.2. The van der Waals surface area contributed by atoms with Crippen LogP contribution in [0.2, 0.25) is 0 Å². The average molecular weight is 272 g/mol. The van der Waals surface area contributed by atoms with Gasteiger partial charge in [-0.25, -0.2) is 0 Å². The predicted molar refractivity (Wildman–Crippen MR) is 70.5 cm³/mol. The van der Waals surface area contributed by atoms with Gasteiger partial charge in [0.05, 0.1) is 12.5 Å². The lowest BCUT2D eigenvalue weighted by atomic mass is 9.75. The Balaban J connectivity index is 1.94. The van der Waals surface area contributed by atoms with Crippen molar-refractivity contribution in [2.75, 3.05) is 18.1 Å². The minimum absolute atomic E-state index is 0.0313. The second kappa shape index (κ2) is 5.48. The number of thioether (sulfide) groups is 1. The van der Waals surface area contributed by atoms with Gasteiger partial charge in [0.15, 0.2) is 0 Å². The van der Waals surface area contributed by atoms with E-state index in [4.69, 9.17) is 10.8 Å². The summed E-state index contributed by atoms with van der Waals surface area (Å²) in [5, 5.41) is 8.88. The highest BCUT2D eigenvalue weighted by Crippen LogP contribution is 2.33. The lowest BCUT2D eigenvalue weighted by Crippen LogP contribution is -2.54. The van der Waals surface area contributed by atoms with Crippen LogP contribution in [0, 0.1) is 0 Å². The quantitative estimate of drug-likeness (QED) is 0.786. The molecule has 1 amide bonds. The zero-order chi connectivity index (χ0) is 13.2. The van der Waals surface area contributed by atoms with Crippen LogP contribution in [0.5, 0.6) is 0 Å². The van der Waals surface area contributed by atoms with E-state index in [2.05, 4.69) is 0 Å². The van der Waals surface area contributed by atoms with E-state index in [1.165, 1.54) is 0 Å². The zero-order valence-electron chi connectivity index (χ0n) is 10.4. The summed E-state index contributed by atoms with van der Waals surface area (Å²) in [4.78, 5) is 24.8. The van der Waals surface area contributed by atoms with Crippen molar-refractivity contribution >= 4 is 23.6 Å². The number of carboxylic acids is 1. The molecule has 0 spiro atoms. The molecule has 1 aliphatic carbocycles. The lowest BCUT2D eigenvalue weighted by Gasteiger charge is -2.41. The van der Waals surface area contributed by atoms with Gasteiger partial charge in [0.1, 0.15) is 0 Å². The van der Waals surface area contributed by atoms with Crippen LogP contribution in [0.3, 0.4) is 0 Å². The lowest BCUT2D eigenvalue weighted by molar-refractivity contribution is -0.141. The molecule has 0 bridgehead atoms. The molecule has 18 heavy (non-hydrogen) atoms. The summed E-state index contributed by atoms with van der Waals surface area (Å²) >= 11 is 1.72. The van der Waals surface area contributed by atoms with Crippen molar-refractivity contribution in [1.82, 2.24) is 4.90 Å². The number of rotatable bonds is 4. The fourth-order valence-corrected chi connectivity index (χ4v) is 3.63. The molecule has 2 rings (SSSR count). The van der Waals surface area contributed by atoms with E-state index in [0.29, 0.717) is 13.0 Å². The number of carbonyl (C=O) groups is 2. The van der Waals surface area contributed by atoms with Crippen LogP contribution in [0.1, 0.15) is 32.1 Å². The number of hydrogen-bond acceptors (Lipinski definition) is 4. The monoisotopic (exact) mass is 272 g/mol. The van der Waals surface area contributed by atoms with Crippen molar-refractivity contribution in [2.24, 2.45) is 5.73 Å². The number of hydrogen-bond donors (Lipinski definition) is 2. The van der Waals surface area contributed by atoms with E-state index in [1.807, 2.05) is 0 Å². The first-order valence-corrected chi connectivity index (χ1v) is 7.53. The second-order valence-corrected chi connectivity index (χ2v) is 6.46. The fourth-order valence-electron chi connectivity index (χ4n) is 2.56. The third-order valence-corrected chi connectivity index (χ3v) is 4.90. The van der Waals surface area contributed by atoms with Crippen LogP contribution >= 0.6 is 11.8 Å². The van der Waals surface area contributed by atoms with Gasteiger partial charge in [0.25, 0.3) is 0 Å². The Morgan fingerprint density at radius 3 is 2.72 bits per heavy atom. The molecule has 1 saturated heterocycles. The number of amides is 1. The Morgan fingerprint density at radius 1 is 1.44 bits per heavy atom. The predicted octanol–water partition coefficient (Wildman–Crippen LogP) is 0.677. The Hall–Kier alpha value is -0.750. The Kier molecular flexibility index (Phi) is 4.17. The number of aliphatic carboxylic acids is 1. The summed E-state index contributed by atoms with van der Waals surface area (Å²) in [6.07, 6.45) is 3.32. The number of nitrogens with two attached hydrogens (primary N) is 1. The molecule has 1 unspecified atom stereocenters. The van der Waals surface area contributed by atoms with Gasteiger partial charge in [-0.3, -0.25) is 9.59 Å². The van der Waals surface area contributed by atoms with E-state index in [-0.39, 0.29) is 23.9 Å². The van der Waals surface area contributed by atoms with E-state index in [0.717, 1.165) is 30.8 Å². The Morgan fingerprint density at radius 2 is 2.17 bits per heavy atom. The molecule has 1 saturated carbocycles. The van der Waals surface area contributed by atoms with E-state index < -0.39 is 5.97 Å². The fraction of sp³-hybridized carbons (Fsp3) is 0.833. The molecule has 1 heterocycles. The van der Waals surface area contributed by atoms with E-state index in [9.17, 15) is 9.59 Å². The van der Waals surface area contributed by atoms with Gasteiger partial charge >= 0.3 is 5.97 Å². The normalized spacial score (nSPS) is 26.5. The van der Waals surface area contributed by atoms with Crippen LogP contribution < -0.4 is 5.73 Å². The average Bonchev–Trinajstić information content (AvgIpc) is 2.26. The summed E-state index contributed by atoms with van der Waals surface area (Å²) in [7, 11) is 0. The van der Waals surface area contributed by atoms with Crippen molar-refractivity contribution in [3.05, 3.63) is 0 Å². The molecule has 2 fully saturated rings. The molecule has 102 valence electrons. The van der Waals surface area contributed by atoms with Gasteiger partial charge in [0, 0.05) is 30.0 Å². The van der Waals surface area contributed by atoms with E-state index in [1.54, 1.807) is 16.7 Å². The van der Waals surface area contributed by atoms with Gasteiger partial charge in [-0.15, -0.1) is 0 Å². The first kappa shape index (κ1) is 13.7. The molecule has 1 aliphatic heterocycles. The highest BCUT2D eigenvalue weighted by molar-refractivity contribution is 7.99. The molecular formula is C12H20N2O3S. The molecule has 3 N–H and O–H groups in total. The van der Waals surface area contributed by atoms with Gasteiger partial charge < -0.3 is 15.7 Å². The SMILES string of the molecule is NC1(CC(=O)N2CCSCC2CC(=O)O)CCC1. The summed E-state index contributed by atoms with van der Waals surface area (Å²) in [6.45, 7) is 0.650. The van der Waals surface area contributed by atoms with Crippen LogP contribution in [0.4, 0.5) is 0 Å². The van der Waals surface area contributed by atoms with Crippen molar-refractivity contribution < 1.29 is 14.7 Å². The van der Waals surface area contributed by atoms with Crippen molar-refractivity contribution in [1.29, 1.82) is 0 Å². The molecule has 0 aromatic carbocycles. The van der Waals surface area contributed by atoms with Crippen LogP contribution in [0.15, 0.2) is 0 Å². The Bertz CT molecular complexity index is 344. The maximum atomic E-state index is 12.2. The minimum Gasteiger partial charge on any atom is -0.481 e. The van der Waals surface area contributed by atoms with Crippen molar-refractivity contribution in [3.8, 4) is 0 Å². The second-order valence-electron chi connectivity index (χ2n) is 5.31. The van der Waals surface area contributed by atoms with Gasteiger partial charge in [-0.05, 0) is 19.3 Å². The highest BCUT2D eigenvalue weighted by atomic mass is 32.2. The first-order chi connectivity index (χ1) is 8.50. The van der Waals surface area contributed by atoms with E-state index >= 15 is 0 Å². The molecule has 1 atom stereocenters. The maximum Gasteiger partial charge on any atom is 0.305 e. The third-order valence-electron chi connectivity index (χ3n) is 3.81. The molecular weight excluding hydrogens is 252 g/mol. The van der Waals surface area contributed by atoms with Crippen LogP contribution in [-0.4, -0.2) is 51.5 Å². The molecule has 0 aromatic rings. The minimum atomic E-state index is -0.841. The summed E-state index contributed by atoms with van der Waals surface area (Å²) < 4.78 is 0. The van der Waals surface area contributed by atoms with Crippen LogP contribution in [-0.2, 0) is 9.59 Å². The summed E-state index contributed by atoms with van der Waals surface area (Å²) in [5.41, 5.74) is 5.76. The van der Waals surface area contributed by atoms with Gasteiger partial charge in [0.2, 0.25) is 5.91 Å². The molecule has 2 aliphatic rings. The Labute approximate surface area is 111 Å². The zero-order valence-corrected chi connectivity index (χ0v) is 11.2. The molecule has 0 radical (unpaired) electrons. The topological polar surface area (TPSA) is 83.6 Å². The van der Waals surface area contributed by atoms with Gasteiger partial charge in [-0.2, -0.15) is 11.8 Å². The molecule has 6 heteroatoms.